The lowest BCUT2D eigenvalue weighted by atomic mass is 9.97. The summed E-state index contributed by atoms with van der Waals surface area (Å²) < 4.78 is 5.13. The average Bonchev–Trinajstić information content (AvgIpc) is 2.35. The third kappa shape index (κ3) is 4.28. The Morgan fingerprint density at radius 2 is 1.94 bits per heavy atom. The van der Waals surface area contributed by atoms with E-state index in [4.69, 9.17) is 4.74 Å². The maximum Gasteiger partial charge on any atom is 0.251 e. The molecule has 1 saturated heterocycles. The van der Waals surface area contributed by atoms with Gasteiger partial charge in [-0.05, 0) is 52.6 Å². The Morgan fingerprint density at radius 1 is 1.35 bits per heavy atom. The van der Waals surface area contributed by atoms with Crippen LogP contribution in [-0.4, -0.2) is 49.7 Å². The summed E-state index contributed by atoms with van der Waals surface area (Å²) in [6.07, 6.45) is 1.99. The minimum Gasteiger partial charge on any atom is -0.372 e. The maximum absolute atomic E-state index is 12.2. The van der Waals surface area contributed by atoms with Crippen LogP contribution in [0.2, 0.25) is 0 Å². The first kappa shape index (κ1) is 14.5. The van der Waals surface area contributed by atoms with Crippen LogP contribution in [0.5, 0.6) is 0 Å². The van der Waals surface area contributed by atoms with Gasteiger partial charge in [0.2, 0.25) is 0 Å². The number of methoxy groups -OCH3 is 1. The van der Waals surface area contributed by atoms with Crippen molar-refractivity contribution in [1.29, 1.82) is 0 Å². The quantitative estimate of drug-likeness (QED) is 0.789. The van der Waals surface area contributed by atoms with E-state index in [0.717, 1.165) is 32.5 Å². The summed E-state index contributed by atoms with van der Waals surface area (Å²) in [7, 11) is 1.59. The van der Waals surface area contributed by atoms with Crippen molar-refractivity contribution < 1.29 is 9.53 Å². The highest BCUT2D eigenvalue weighted by atomic mass is 16.5. The lowest BCUT2D eigenvalue weighted by molar-refractivity contribution is -0.143. The Morgan fingerprint density at radius 3 is 2.41 bits per heavy atom. The number of piperidine rings is 1. The van der Waals surface area contributed by atoms with Crippen molar-refractivity contribution in [3.8, 4) is 0 Å². The van der Waals surface area contributed by atoms with Gasteiger partial charge in [0.15, 0.2) is 0 Å². The molecule has 0 spiro atoms. The molecular formula is C13H26N2O2. The fourth-order valence-electron chi connectivity index (χ4n) is 2.23. The zero-order chi connectivity index (χ0) is 12.8. The van der Waals surface area contributed by atoms with Gasteiger partial charge in [-0.2, -0.15) is 0 Å². The van der Waals surface area contributed by atoms with Crippen LogP contribution in [0.1, 0.15) is 33.6 Å². The van der Waals surface area contributed by atoms with Gasteiger partial charge in [0.1, 0.15) is 6.10 Å². The maximum atomic E-state index is 12.2. The van der Waals surface area contributed by atoms with Gasteiger partial charge < -0.3 is 15.0 Å². The van der Waals surface area contributed by atoms with Crippen molar-refractivity contribution in [2.24, 2.45) is 5.92 Å². The molecule has 1 aliphatic heterocycles. The van der Waals surface area contributed by atoms with E-state index < -0.39 is 0 Å². The Hall–Kier alpha value is -0.610. The second-order valence-corrected chi connectivity index (χ2v) is 5.16. The van der Waals surface area contributed by atoms with E-state index in [0.29, 0.717) is 5.92 Å². The van der Waals surface area contributed by atoms with Crippen molar-refractivity contribution in [3.63, 3.8) is 0 Å². The summed E-state index contributed by atoms with van der Waals surface area (Å²) in [4.78, 5) is 14.1. The highest BCUT2D eigenvalue weighted by molar-refractivity contribution is 5.80. The zero-order valence-electron chi connectivity index (χ0n) is 11.5. The monoisotopic (exact) mass is 242 g/mol. The third-order valence-corrected chi connectivity index (χ3v) is 3.52. The van der Waals surface area contributed by atoms with Gasteiger partial charge in [0.25, 0.3) is 5.91 Å². The van der Waals surface area contributed by atoms with E-state index >= 15 is 0 Å². The molecule has 0 aromatic heterocycles. The van der Waals surface area contributed by atoms with Gasteiger partial charge in [-0.25, -0.2) is 0 Å². The summed E-state index contributed by atoms with van der Waals surface area (Å²) in [5.41, 5.74) is 0. The van der Waals surface area contributed by atoms with Crippen molar-refractivity contribution in [1.82, 2.24) is 10.2 Å². The van der Waals surface area contributed by atoms with Crippen molar-refractivity contribution in [3.05, 3.63) is 0 Å². The fraction of sp³-hybridized carbons (Fsp3) is 0.923. The predicted molar refractivity (Wildman–Crippen MR) is 68.9 cm³/mol. The lowest BCUT2D eigenvalue weighted by Gasteiger charge is -2.34. The number of hydrogen-bond donors (Lipinski definition) is 1. The zero-order valence-corrected chi connectivity index (χ0v) is 11.5. The third-order valence-electron chi connectivity index (χ3n) is 3.52. The first-order valence-corrected chi connectivity index (χ1v) is 6.60. The number of ether oxygens (including phenoxy) is 1. The second-order valence-electron chi connectivity index (χ2n) is 5.16. The Kier molecular flexibility index (Phi) is 5.92. The molecule has 1 heterocycles. The molecular weight excluding hydrogens is 216 g/mol. The molecule has 1 N–H and O–H groups in total. The van der Waals surface area contributed by atoms with Crippen molar-refractivity contribution in [2.45, 2.75) is 45.8 Å². The fourth-order valence-corrected chi connectivity index (χ4v) is 2.23. The number of amides is 1. The van der Waals surface area contributed by atoms with E-state index in [9.17, 15) is 4.79 Å². The Labute approximate surface area is 105 Å². The molecule has 100 valence electrons. The SMILES string of the molecule is COC(C)C(=O)N(CC1CCNCC1)C(C)C. The van der Waals surface area contributed by atoms with Crippen LogP contribution in [0, 0.1) is 5.92 Å². The topological polar surface area (TPSA) is 41.6 Å². The largest absolute Gasteiger partial charge is 0.372 e. The van der Waals surface area contributed by atoms with Gasteiger partial charge in [0.05, 0.1) is 0 Å². The second kappa shape index (κ2) is 6.97. The predicted octanol–water partition coefficient (Wildman–Crippen LogP) is 1.26. The number of nitrogens with zero attached hydrogens (tertiary/aromatic N) is 1. The molecule has 0 radical (unpaired) electrons. The van der Waals surface area contributed by atoms with Gasteiger partial charge in [0, 0.05) is 19.7 Å². The van der Waals surface area contributed by atoms with Crippen LogP contribution in [0.15, 0.2) is 0 Å². The number of hydrogen-bond acceptors (Lipinski definition) is 3. The van der Waals surface area contributed by atoms with Crippen LogP contribution in [0.3, 0.4) is 0 Å². The van der Waals surface area contributed by atoms with Gasteiger partial charge in [-0.15, -0.1) is 0 Å². The normalized spacial score (nSPS) is 19.4. The van der Waals surface area contributed by atoms with Crippen LogP contribution in [0.4, 0.5) is 0 Å². The summed E-state index contributed by atoms with van der Waals surface area (Å²) >= 11 is 0. The van der Waals surface area contributed by atoms with E-state index in [1.54, 1.807) is 7.11 Å². The molecule has 0 aromatic carbocycles. The molecule has 4 nitrogen and oxygen atoms in total. The first-order valence-electron chi connectivity index (χ1n) is 6.60. The molecule has 0 bridgehead atoms. The van der Waals surface area contributed by atoms with E-state index in [1.165, 1.54) is 0 Å². The number of rotatable bonds is 5. The van der Waals surface area contributed by atoms with Crippen molar-refractivity contribution >= 4 is 5.91 Å². The molecule has 1 amide bonds. The Balaban J connectivity index is 2.55. The van der Waals surface area contributed by atoms with E-state index in [-0.39, 0.29) is 18.1 Å². The molecule has 1 fully saturated rings. The Bertz CT molecular complexity index is 238. The molecule has 0 aromatic rings. The van der Waals surface area contributed by atoms with Crippen LogP contribution in [-0.2, 0) is 9.53 Å². The molecule has 4 heteroatoms. The first-order chi connectivity index (χ1) is 8.06. The minimum atomic E-state index is -0.334. The molecule has 17 heavy (non-hydrogen) atoms. The van der Waals surface area contributed by atoms with Crippen LogP contribution >= 0.6 is 0 Å². The van der Waals surface area contributed by atoms with Crippen LogP contribution < -0.4 is 5.32 Å². The molecule has 0 saturated carbocycles. The summed E-state index contributed by atoms with van der Waals surface area (Å²) in [5.74, 6) is 0.743. The molecule has 0 aliphatic carbocycles. The lowest BCUT2D eigenvalue weighted by Crippen LogP contribution is -2.46. The number of carbonyl (C=O) groups excluding carboxylic acids is 1. The summed E-state index contributed by atoms with van der Waals surface area (Å²) in [6, 6.07) is 0.245. The molecule has 1 atom stereocenters. The smallest absolute Gasteiger partial charge is 0.251 e. The van der Waals surface area contributed by atoms with Crippen LogP contribution in [0.25, 0.3) is 0 Å². The van der Waals surface area contributed by atoms with Crippen molar-refractivity contribution in [2.75, 3.05) is 26.7 Å². The minimum absolute atomic E-state index is 0.112. The molecule has 1 unspecified atom stereocenters. The highest BCUT2D eigenvalue weighted by Crippen LogP contribution is 2.16. The summed E-state index contributed by atoms with van der Waals surface area (Å²) in [5, 5.41) is 3.35. The number of carbonyl (C=O) groups is 1. The van der Waals surface area contributed by atoms with E-state index in [1.807, 2.05) is 11.8 Å². The highest BCUT2D eigenvalue weighted by Gasteiger charge is 2.26. The van der Waals surface area contributed by atoms with Gasteiger partial charge >= 0.3 is 0 Å². The number of nitrogens with one attached hydrogen (secondary N) is 1. The average molecular weight is 242 g/mol. The van der Waals surface area contributed by atoms with Gasteiger partial charge in [-0.3, -0.25) is 4.79 Å². The van der Waals surface area contributed by atoms with E-state index in [2.05, 4.69) is 19.2 Å². The molecule has 1 aliphatic rings. The molecule has 1 rings (SSSR count). The van der Waals surface area contributed by atoms with Gasteiger partial charge in [-0.1, -0.05) is 0 Å². The summed E-state index contributed by atoms with van der Waals surface area (Å²) in [6.45, 7) is 8.98. The standard InChI is InChI=1S/C13H26N2O2/c1-10(2)15(13(16)11(3)17-4)9-12-5-7-14-8-6-12/h10-12,14H,5-9H2,1-4H3.